The highest BCUT2D eigenvalue weighted by molar-refractivity contribution is 7.26. The lowest BCUT2D eigenvalue weighted by Crippen LogP contribution is -2.25. The van der Waals surface area contributed by atoms with E-state index in [0.29, 0.717) is 17.5 Å². The third-order valence-electron chi connectivity index (χ3n) is 13.0. The quantitative estimate of drug-likeness (QED) is 0.174. The van der Waals surface area contributed by atoms with Gasteiger partial charge in [-0.2, -0.15) is 0 Å². The Labute approximate surface area is 363 Å². The van der Waals surface area contributed by atoms with E-state index in [1.54, 1.807) is 0 Å². The predicted molar refractivity (Wildman–Crippen MR) is 256 cm³/mol. The molecule has 0 amide bonds. The van der Waals surface area contributed by atoms with E-state index in [9.17, 15) is 0 Å². The first-order valence-electron chi connectivity index (χ1n) is 21.1. The first kappa shape index (κ1) is 35.0. The molecular formula is C58H35N3S. The number of thiophene rings is 1. The van der Waals surface area contributed by atoms with Crippen LogP contribution in [0, 0.1) is 0 Å². The summed E-state index contributed by atoms with van der Waals surface area (Å²) in [6, 6.07) is 76.6. The Morgan fingerprint density at radius 2 is 0.774 bits per heavy atom. The smallest absolute Gasteiger partial charge is 0.164 e. The van der Waals surface area contributed by atoms with E-state index in [1.807, 2.05) is 11.3 Å². The summed E-state index contributed by atoms with van der Waals surface area (Å²) in [5.74, 6) is 1.92. The van der Waals surface area contributed by atoms with Gasteiger partial charge in [-0.1, -0.05) is 194 Å². The number of benzene rings is 9. The Morgan fingerprint density at radius 3 is 1.52 bits per heavy atom. The van der Waals surface area contributed by atoms with Crippen LogP contribution in [0.3, 0.4) is 0 Å². The Bertz CT molecular complexity index is 3560. The average molecular weight is 806 g/mol. The maximum Gasteiger partial charge on any atom is 0.164 e. The molecule has 2 aromatic heterocycles. The van der Waals surface area contributed by atoms with Gasteiger partial charge in [-0.05, 0) is 85.0 Å². The molecule has 62 heavy (non-hydrogen) atoms. The summed E-state index contributed by atoms with van der Waals surface area (Å²) in [4.78, 5) is 16.2. The minimum atomic E-state index is -0.472. The zero-order chi connectivity index (χ0) is 40.8. The van der Waals surface area contributed by atoms with Crippen molar-refractivity contribution in [1.82, 2.24) is 15.0 Å². The molecule has 1 spiro atoms. The number of rotatable bonds is 5. The number of nitrogens with zero attached hydrogens (tertiary/aromatic N) is 3. The van der Waals surface area contributed by atoms with Gasteiger partial charge in [0.15, 0.2) is 17.5 Å². The van der Waals surface area contributed by atoms with Crippen LogP contribution in [-0.2, 0) is 5.41 Å². The van der Waals surface area contributed by atoms with Crippen LogP contribution in [-0.4, -0.2) is 15.0 Å². The Hall–Kier alpha value is -7.79. The Kier molecular flexibility index (Phi) is 7.69. The number of hydrogen-bond acceptors (Lipinski definition) is 4. The van der Waals surface area contributed by atoms with Crippen LogP contribution in [0.25, 0.3) is 98.8 Å². The largest absolute Gasteiger partial charge is 0.208 e. The zero-order valence-electron chi connectivity index (χ0n) is 33.5. The summed E-state index contributed by atoms with van der Waals surface area (Å²) in [7, 11) is 0. The fourth-order valence-corrected chi connectivity index (χ4v) is 11.6. The van der Waals surface area contributed by atoms with Gasteiger partial charge in [-0.25, -0.2) is 15.0 Å². The van der Waals surface area contributed by atoms with Crippen LogP contribution in [0.1, 0.15) is 22.3 Å². The van der Waals surface area contributed by atoms with Crippen LogP contribution >= 0.6 is 11.3 Å². The molecule has 0 unspecified atom stereocenters. The average Bonchev–Trinajstić information content (AvgIpc) is 3.99. The van der Waals surface area contributed by atoms with E-state index < -0.39 is 5.41 Å². The highest BCUT2D eigenvalue weighted by atomic mass is 32.1. The van der Waals surface area contributed by atoms with Crippen molar-refractivity contribution in [3.05, 3.63) is 235 Å². The molecule has 2 aliphatic rings. The fourth-order valence-electron chi connectivity index (χ4n) is 10.4. The van der Waals surface area contributed by atoms with E-state index in [0.717, 1.165) is 33.4 Å². The molecule has 0 saturated carbocycles. The second kappa shape index (κ2) is 13.6. The topological polar surface area (TPSA) is 38.7 Å². The number of fused-ring (bicyclic) bond motifs is 13. The van der Waals surface area contributed by atoms with Crippen LogP contribution in [0.15, 0.2) is 212 Å². The molecule has 288 valence electrons. The molecule has 0 bridgehead atoms. The van der Waals surface area contributed by atoms with Crippen LogP contribution in [0.5, 0.6) is 0 Å². The summed E-state index contributed by atoms with van der Waals surface area (Å²) in [5.41, 5.74) is 17.1. The van der Waals surface area contributed by atoms with Crippen molar-refractivity contribution in [3.63, 3.8) is 0 Å². The van der Waals surface area contributed by atoms with Gasteiger partial charge in [0.25, 0.3) is 0 Å². The van der Waals surface area contributed by atoms with Crippen LogP contribution in [0.4, 0.5) is 0 Å². The van der Waals surface area contributed by atoms with Gasteiger partial charge in [-0.15, -0.1) is 11.3 Å². The standard InChI is InChI=1S/C58H35N3S/c1-2-16-36(17-3-1)37-18-12-20-39(34-37)55-59-56(40-21-13-19-38(35-40)41-26-14-27-45-44-24-7-11-33-52(44)62-54(41)45)61-57(60-55)47-28-15-32-51-53(47)46-25-6-10-31-50(46)58(51)48-29-8-4-22-42(48)43-23-5-9-30-49(43)58/h1-35H. The van der Waals surface area contributed by atoms with Crippen molar-refractivity contribution >= 4 is 31.5 Å². The summed E-state index contributed by atoms with van der Waals surface area (Å²) < 4.78 is 2.57. The van der Waals surface area contributed by atoms with Gasteiger partial charge in [0.2, 0.25) is 0 Å². The highest BCUT2D eigenvalue weighted by Crippen LogP contribution is 2.63. The van der Waals surface area contributed by atoms with E-state index >= 15 is 0 Å². The maximum atomic E-state index is 5.45. The van der Waals surface area contributed by atoms with E-state index in [2.05, 4.69) is 212 Å². The molecule has 0 aliphatic heterocycles. The van der Waals surface area contributed by atoms with E-state index in [1.165, 1.54) is 70.2 Å². The minimum Gasteiger partial charge on any atom is -0.208 e. The van der Waals surface area contributed by atoms with Gasteiger partial charge in [0, 0.05) is 36.9 Å². The van der Waals surface area contributed by atoms with Crippen molar-refractivity contribution in [1.29, 1.82) is 0 Å². The van der Waals surface area contributed by atoms with Crippen LogP contribution < -0.4 is 0 Å². The van der Waals surface area contributed by atoms with Crippen molar-refractivity contribution in [2.75, 3.05) is 0 Å². The highest BCUT2D eigenvalue weighted by Gasteiger charge is 2.52. The van der Waals surface area contributed by atoms with E-state index in [4.69, 9.17) is 15.0 Å². The fraction of sp³-hybridized carbons (Fsp3) is 0.0172. The van der Waals surface area contributed by atoms with Gasteiger partial charge in [0.05, 0.1) is 5.41 Å². The molecule has 0 radical (unpaired) electrons. The molecule has 4 heteroatoms. The maximum absolute atomic E-state index is 5.45. The lowest BCUT2D eigenvalue weighted by molar-refractivity contribution is 0.794. The van der Waals surface area contributed by atoms with Gasteiger partial charge >= 0.3 is 0 Å². The van der Waals surface area contributed by atoms with Gasteiger partial charge < -0.3 is 0 Å². The third-order valence-corrected chi connectivity index (χ3v) is 14.2. The first-order chi connectivity index (χ1) is 30.7. The summed E-state index contributed by atoms with van der Waals surface area (Å²) in [5, 5.41) is 2.57. The lowest BCUT2D eigenvalue weighted by Gasteiger charge is -2.30. The molecule has 2 aliphatic carbocycles. The van der Waals surface area contributed by atoms with Gasteiger partial charge in [-0.3, -0.25) is 0 Å². The first-order valence-corrected chi connectivity index (χ1v) is 21.9. The van der Waals surface area contributed by atoms with E-state index in [-0.39, 0.29) is 0 Å². The molecule has 13 rings (SSSR count). The Morgan fingerprint density at radius 1 is 0.306 bits per heavy atom. The minimum absolute atomic E-state index is 0.472. The molecule has 0 N–H and O–H groups in total. The molecule has 0 atom stereocenters. The Balaban J connectivity index is 1.04. The van der Waals surface area contributed by atoms with Gasteiger partial charge in [0.1, 0.15) is 0 Å². The van der Waals surface area contributed by atoms with Crippen molar-refractivity contribution in [2.24, 2.45) is 0 Å². The molecular weight excluding hydrogens is 771 g/mol. The second-order valence-electron chi connectivity index (χ2n) is 16.2. The predicted octanol–water partition coefficient (Wildman–Crippen LogP) is 14.9. The zero-order valence-corrected chi connectivity index (χ0v) is 34.3. The molecule has 9 aromatic carbocycles. The second-order valence-corrected chi connectivity index (χ2v) is 17.3. The van der Waals surface area contributed by atoms with Crippen LogP contribution in [0.2, 0.25) is 0 Å². The monoisotopic (exact) mass is 805 g/mol. The molecule has 2 heterocycles. The lowest BCUT2D eigenvalue weighted by atomic mass is 9.70. The molecule has 11 aromatic rings. The van der Waals surface area contributed by atoms with Crippen molar-refractivity contribution in [2.45, 2.75) is 5.41 Å². The summed E-state index contributed by atoms with van der Waals surface area (Å²) in [6.07, 6.45) is 0. The summed E-state index contributed by atoms with van der Waals surface area (Å²) >= 11 is 1.85. The molecule has 3 nitrogen and oxygen atoms in total. The molecule has 0 saturated heterocycles. The third kappa shape index (κ3) is 5.08. The van der Waals surface area contributed by atoms with Crippen molar-refractivity contribution < 1.29 is 0 Å². The molecule has 0 fully saturated rings. The SMILES string of the molecule is c1ccc(-c2cccc(-c3nc(-c4cccc(-c5cccc6c5sc5ccccc56)c4)nc(-c4cccc5c4-c4ccccc4C54c5ccccc5-c5ccccc54)n3)c2)cc1. The number of aromatic nitrogens is 3. The summed E-state index contributed by atoms with van der Waals surface area (Å²) in [6.45, 7) is 0. The number of hydrogen-bond donors (Lipinski definition) is 0. The van der Waals surface area contributed by atoms with Crippen molar-refractivity contribution in [3.8, 4) is 78.7 Å². The normalized spacial score (nSPS) is 13.0.